The van der Waals surface area contributed by atoms with Crippen LogP contribution in [0.3, 0.4) is 0 Å². The molecular formula is C30H40O13. The molecule has 0 aromatic heterocycles. The Morgan fingerprint density at radius 3 is 1.70 bits per heavy atom. The van der Waals surface area contributed by atoms with Crippen molar-refractivity contribution < 1.29 is 62.4 Å². The number of fused-ring (bicyclic) bond motifs is 1. The van der Waals surface area contributed by atoms with Crippen LogP contribution < -0.4 is 0 Å². The van der Waals surface area contributed by atoms with Crippen LogP contribution in [0.15, 0.2) is 24.3 Å². The molecule has 2 aliphatic carbocycles. The highest BCUT2D eigenvalue weighted by Crippen LogP contribution is 2.52. The number of esters is 5. The summed E-state index contributed by atoms with van der Waals surface area (Å²) in [6.45, 7) is 14.7. The average molecular weight is 609 g/mol. The van der Waals surface area contributed by atoms with E-state index in [0.29, 0.717) is 0 Å². The summed E-state index contributed by atoms with van der Waals surface area (Å²) >= 11 is 0. The lowest BCUT2D eigenvalue weighted by Gasteiger charge is -2.42. The molecule has 13 heteroatoms. The van der Waals surface area contributed by atoms with Crippen molar-refractivity contribution in [2.75, 3.05) is 0 Å². The van der Waals surface area contributed by atoms with Crippen molar-refractivity contribution in [3.05, 3.63) is 24.3 Å². The summed E-state index contributed by atoms with van der Waals surface area (Å²) in [5.74, 6) is -8.94. The highest BCUT2D eigenvalue weighted by molar-refractivity contribution is 5.95. The Labute approximate surface area is 249 Å². The zero-order valence-electron chi connectivity index (χ0n) is 25.9. The van der Waals surface area contributed by atoms with Gasteiger partial charge in [-0.25, -0.2) is 0 Å². The van der Waals surface area contributed by atoms with Crippen molar-refractivity contribution in [2.24, 2.45) is 17.3 Å². The van der Waals surface area contributed by atoms with E-state index in [1.165, 1.54) is 39.8 Å². The zero-order valence-corrected chi connectivity index (χ0v) is 25.9. The van der Waals surface area contributed by atoms with E-state index >= 15 is 0 Å². The molecule has 2 aliphatic rings. The second-order valence-electron chi connectivity index (χ2n) is 11.8. The lowest BCUT2D eigenvalue weighted by Crippen LogP contribution is -2.58. The minimum absolute atomic E-state index is 0.373. The maximum atomic E-state index is 14.3. The van der Waals surface area contributed by atoms with Crippen molar-refractivity contribution in [1.29, 1.82) is 0 Å². The van der Waals surface area contributed by atoms with Gasteiger partial charge in [-0.05, 0) is 20.8 Å². The van der Waals surface area contributed by atoms with Crippen LogP contribution in [-0.2, 0) is 57.2 Å². The summed E-state index contributed by atoms with van der Waals surface area (Å²) in [6, 6.07) is 0. The van der Waals surface area contributed by atoms with Gasteiger partial charge in [0.1, 0.15) is 17.8 Å². The van der Waals surface area contributed by atoms with Crippen LogP contribution in [0.25, 0.3) is 0 Å². The van der Waals surface area contributed by atoms with Gasteiger partial charge in [0.05, 0.1) is 5.92 Å². The summed E-state index contributed by atoms with van der Waals surface area (Å²) in [6.07, 6.45) is -4.94. The van der Waals surface area contributed by atoms with Crippen LogP contribution in [0.4, 0.5) is 0 Å². The molecule has 13 nitrogen and oxygen atoms in total. The number of aliphatic hydroxyl groups is 1. The smallest absolute Gasteiger partial charge is 0.303 e. The predicted octanol–water partition coefficient (Wildman–Crippen LogP) is 1.71. The maximum Gasteiger partial charge on any atom is 0.303 e. The molecule has 238 valence electrons. The second kappa shape index (κ2) is 12.8. The first-order chi connectivity index (χ1) is 19.6. The van der Waals surface area contributed by atoms with Crippen molar-refractivity contribution >= 4 is 41.4 Å². The fraction of sp³-hybridized carbons (Fsp3) is 0.633. The van der Waals surface area contributed by atoms with Gasteiger partial charge in [0, 0.05) is 57.9 Å². The lowest BCUT2D eigenvalue weighted by molar-refractivity contribution is -0.188. The lowest BCUT2D eigenvalue weighted by atomic mass is 9.72. The minimum atomic E-state index is -2.30. The molecule has 0 saturated heterocycles. The first kappa shape index (κ1) is 35.3. The fourth-order valence-electron chi connectivity index (χ4n) is 5.80. The quantitative estimate of drug-likeness (QED) is 0.270. The van der Waals surface area contributed by atoms with Gasteiger partial charge in [-0.15, -0.1) is 0 Å². The molecule has 0 heterocycles. The molecular weight excluding hydrogens is 568 g/mol. The first-order valence-electron chi connectivity index (χ1n) is 13.6. The van der Waals surface area contributed by atoms with Gasteiger partial charge in [-0.2, -0.15) is 0 Å². The Bertz CT molecular complexity index is 1240. The molecule has 0 aliphatic heterocycles. The second-order valence-corrected chi connectivity index (χ2v) is 11.8. The number of Topliss-reactive ketones (excluding diaryl/α,β-unsaturated/α-hetero) is 2. The Kier molecular flexibility index (Phi) is 10.5. The third kappa shape index (κ3) is 7.56. The number of carbonyl (C=O) groups excluding carboxylic acids is 7. The van der Waals surface area contributed by atoms with Crippen LogP contribution in [-0.4, -0.2) is 82.1 Å². The number of hydrogen-bond donors (Lipinski definition) is 1. The highest BCUT2D eigenvalue weighted by Gasteiger charge is 2.70. The Morgan fingerprint density at radius 1 is 0.767 bits per heavy atom. The molecule has 2 rings (SSSR count). The Balaban J connectivity index is 3.13. The van der Waals surface area contributed by atoms with Gasteiger partial charge in [-0.1, -0.05) is 25.7 Å². The van der Waals surface area contributed by atoms with E-state index in [2.05, 4.69) is 6.58 Å². The average Bonchev–Trinajstić information content (AvgIpc) is 3.06. The molecule has 0 spiro atoms. The molecule has 0 aromatic rings. The van der Waals surface area contributed by atoms with E-state index in [1.54, 1.807) is 0 Å². The summed E-state index contributed by atoms with van der Waals surface area (Å²) in [5, 5.41) is 11.6. The number of allylic oxidation sites excluding steroid dienone is 2. The van der Waals surface area contributed by atoms with Crippen LogP contribution in [0.5, 0.6) is 0 Å². The van der Waals surface area contributed by atoms with Gasteiger partial charge in [0.25, 0.3) is 0 Å². The van der Waals surface area contributed by atoms with Crippen LogP contribution in [0.2, 0.25) is 0 Å². The molecule has 0 unspecified atom stereocenters. The van der Waals surface area contributed by atoms with Crippen molar-refractivity contribution in [1.82, 2.24) is 0 Å². The third-order valence-corrected chi connectivity index (χ3v) is 7.45. The Morgan fingerprint density at radius 2 is 1.23 bits per heavy atom. The van der Waals surface area contributed by atoms with Gasteiger partial charge in [0.15, 0.2) is 23.3 Å². The molecule has 8 atom stereocenters. The van der Waals surface area contributed by atoms with E-state index < -0.39 is 101 Å². The number of rotatable bonds is 5. The molecule has 1 fully saturated rings. The van der Waals surface area contributed by atoms with E-state index in [4.69, 9.17) is 23.7 Å². The molecule has 43 heavy (non-hydrogen) atoms. The van der Waals surface area contributed by atoms with Gasteiger partial charge >= 0.3 is 29.8 Å². The highest BCUT2D eigenvalue weighted by atomic mass is 16.6. The van der Waals surface area contributed by atoms with Crippen LogP contribution in [0.1, 0.15) is 68.7 Å². The number of ether oxygens (including phenoxy) is 5. The zero-order chi connectivity index (χ0) is 33.2. The van der Waals surface area contributed by atoms with Gasteiger partial charge in [0.2, 0.25) is 6.10 Å². The molecule has 1 saturated carbocycles. The fourth-order valence-corrected chi connectivity index (χ4v) is 5.80. The molecule has 0 radical (unpaired) electrons. The predicted molar refractivity (Wildman–Crippen MR) is 147 cm³/mol. The molecule has 0 bridgehead atoms. The summed E-state index contributed by atoms with van der Waals surface area (Å²) in [4.78, 5) is 90.2. The van der Waals surface area contributed by atoms with Crippen molar-refractivity contribution in [3.8, 4) is 0 Å². The summed E-state index contributed by atoms with van der Waals surface area (Å²) in [7, 11) is 0. The van der Waals surface area contributed by atoms with E-state index in [9.17, 15) is 38.7 Å². The standard InChI is InChI=1S/C30H40O13/c1-14-11-12-28(8,9)26(37)24(41-18(5)33)23(40-17(4)32)15(2)22(39-16(3)31)21-27(42-19(6)34)29(10,38)13-30(21,25(14)36)43-20(7)35/h11-12,14,21-24,27,38H,2,13H2,1,3-10H3/b12-11+/t14-,21+,22+,23+,24-,27-,29-,30-/m1/s1. The Hall–Kier alpha value is -3.87. The largest absolute Gasteiger partial charge is 0.459 e. The van der Waals surface area contributed by atoms with Crippen LogP contribution in [0, 0.1) is 17.3 Å². The normalized spacial score (nSPS) is 34.9. The first-order valence-corrected chi connectivity index (χ1v) is 13.6. The summed E-state index contributed by atoms with van der Waals surface area (Å²) < 4.78 is 27.7. The third-order valence-electron chi connectivity index (χ3n) is 7.45. The van der Waals surface area contributed by atoms with Gasteiger partial charge < -0.3 is 28.8 Å². The SMILES string of the molecule is C=C1[C@H](OC(C)=O)[C@H]2[C@@H](OC(C)=O)[C@](C)(O)C[C@]2(OC(C)=O)C(=O)[C@H](C)/C=C/C(C)(C)C(=O)[C@H](OC(C)=O)[C@H]1OC(C)=O. The van der Waals surface area contributed by atoms with E-state index in [1.807, 2.05) is 0 Å². The van der Waals surface area contributed by atoms with Gasteiger partial charge in [-0.3, -0.25) is 33.6 Å². The topological polar surface area (TPSA) is 186 Å². The summed E-state index contributed by atoms with van der Waals surface area (Å²) in [5.41, 5.74) is -6.15. The molecule has 1 N–H and O–H groups in total. The minimum Gasteiger partial charge on any atom is -0.459 e. The maximum absolute atomic E-state index is 14.3. The van der Waals surface area contributed by atoms with E-state index in [-0.39, 0.29) is 5.57 Å². The van der Waals surface area contributed by atoms with Crippen molar-refractivity contribution in [2.45, 2.75) is 104 Å². The number of ketones is 2. The number of hydrogen-bond acceptors (Lipinski definition) is 13. The molecule has 0 aromatic carbocycles. The molecule has 0 amide bonds. The number of carbonyl (C=O) groups is 7. The van der Waals surface area contributed by atoms with Crippen LogP contribution >= 0.6 is 0 Å². The van der Waals surface area contributed by atoms with Crippen molar-refractivity contribution in [3.63, 3.8) is 0 Å². The van der Waals surface area contributed by atoms with E-state index in [0.717, 1.165) is 34.6 Å². The monoisotopic (exact) mass is 608 g/mol.